The van der Waals surface area contributed by atoms with E-state index in [0.29, 0.717) is 19.3 Å². The highest BCUT2D eigenvalue weighted by Gasteiger charge is 2.74. The number of esters is 1. The molecule has 0 aromatic rings. The first-order valence-electron chi connectivity index (χ1n) is 4.26. The van der Waals surface area contributed by atoms with E-state index in [1.807, 2.05) is 0 Å². The third-order valence-corrected chi connectivity index (χ3v) is 3.60. The first-order valence-corrected chi connectivity index (χ1v) is 4.80. The number of Topliss-reactive ketones (excluding diaryl/α,β-unsaturated/α-hetero) is 1. The van der Waals surface area contributed by atoms with Gasteiger partial charge in [-0.25, -0.2) is 0 Å². The van der Waals surface area contributed by atoms with Gasteiger partial charge < -0.3 is 4.74 Å². The summed E-state index contributed by atoms with van der Waals surface area (Å²) in [4.78, 5) is 22.6. The number of ketones is 1. The molecule has 3 fully saturated rings. The molecule has 13 heavy (non-hydrogen) atoms. The summed E-state index contributed by atoms with van der Waals surface area (Å²) in [5.41, 5.74) is -0.577. The van der Waals surface area contributed by atoms with Gasteiger partial charge in [0.1, 0.15) is 0 Å². The van der Waals surface area contributed by atoms with Crippen molar-refractivity contribution < 1.29 is 14.3 Å². The summed E-state index contributed by atoms with van der Waals surface area (Å²) in [7, 11) is 1.39. The molecule has 3 rings (SSSR count). The molecule has 0 amide bonds. The number of hydrogen-bond acceptors (Lipinski definition) is 3. The molecular weight excluding hydrogens is 192 g/mol. The van der Waals surface area contributed by atoms with Crippen LogP contribution in [0.4, 0.5) is 0 Å². The van der Waals surface area contributed by atoms with Crippen molar-refractivity contribution in [3.63, 3.8) is 0 Å². The van der Waals surface area contributed by atoms with E-state index < -0.39 is 0 Å². The lowest BCUT2D eigenvalue weighted by Gasteiger charge is -2.67. The molecule has 3 saturated carbocycles. The van der Waals surface area contributed by atoms with Crippen LogP contribution in [-0.4, -0.2) is 24.7 Å². The van der Waals surface area contributed by atoms with Crippen LogP contribution in [0.1, 0.15) is 19.3 Å². The Kier molecular flexibility index (Phi) is 1.71. The Labute approximate surface area is 81.4 Å². The molecule has 0 heterocycles. The zero-order valence-electron chi connectivity index (χ0n) is 7.43. The average molecular weight is 203 g/mol. The van der Waals surface area contributed by atoms with Crippen LogP contribution in [-0.2, 0) is 14.3 Å². The first-order chi connectivity index (χ1) is 6.08. The van der Waals surface area contributed by atoms with Gasteiger partial charge in [0.25, 0.3) is 0 Å². The molecule has 4 heteroatoms. The normalized spacial score (nSPS) is 40.2. The predicted octanol–water partition coefficient (Wildman–Crippen LogP) is 1.14. The summed E-state index contributed by atoms with van der Waals surface area (Å²) in [6.07, 6.45) is 1.95. The zero-order valence-corrected chi connectivity index (χ0v) is 8.19. The van der Waals surface area contributed by atoms with Crippen molar-refractivity contribution in [2.75, 3.05) is 13.0 Å². The number of carbonyl (C=O) groups is 2. The minimum absolute atomic E-state index is 0.0667. The standard InChI is InChI=1S/C9H11ClO3/c1-13-7(12)9-3-8(4-9,5-9)6(11)2-10/h2-5H2,1H3. The average Bonchev–Trinajstić information content (AvgIpc) is 1.98. The predicted molar refractivity (Wildman–Crippen MR) is 46.5 cm³/mol. The van der Waals surface area contributed by atoms with Crippen molar-refractivity contribution in [2.24, 2.45) is 10.8 Å². The molecule has 3 aliphatic rings. The quantitative estimate of drug-likeness (QED) is 0.509. The van der Waals surface area contributed by atoms with Gasteiger partial charge in [0.2, 0.25) is 0 Å². The number of alkyl halides is 1. The fourth-order valence-corrected chi connectivity index (χ4v) is 2.94. The molecule has 0 unspecified atom stereocenters. The Morgan fingerprint density at radius 3 is 2.23 bits per heavy atom. The second kappa shape index (κ2) is 2.47. The lowest BCUT2D eigenvalue weighted by Crippen LogP contribution is -2.69. The van der Waals surface area contributed by atoms with Gasteiger partial charge in [-0.2, -0.15) is 0 Å². The fraction of sp³-hybridized carbons (Fsp3) is 0.778. The molecular formula is C9H11ClO3. The third kappa shape index (κ3) is 0.909. The van der Waals surface area contributed by atoms with E-state index in [9.17, 15) is 9.59 Å². The molecule has 0 radical (unpaired) electrons. The fourth-order valence-electron chi connectivity index (χ4n) is 2.66. The van der Waals surface area contributed by atoms with Crippen LogP contribution in [0.3, 0.4) is 0 Å². The van der Waals surface area contributed by atoms with Crippen LogP contribution in [0.5, 0.6) is 0 Å². The maximum Gasteiger partial charge on any atom is 0.311 e. The summed E-state index contributed by atoms with van der Waals surface area (Å²) in [5.74, 6) is -0.0197. The lowest BCUT2D eigenvalue weighted by molar-refractivity contribution is -0.220. The molecule has 0 saturated heterocycles. The number of rotatable bonds is 3. The minimum atomic E-state index is -0.323. The highest BCUT2D eigenvalue weighted by atomic mass is 35.5. The Morgan fingerprint density at radius 1 is 1.31 bits per heavy atom. The van der Waals surface area contributed by atoms with Gasteiger partial charge >= 0.3 is 5.97 Å². The maximum atomic E-state index is 11.3. The van der Waals surface area contributed by atoms with Gasteiger partial charge in [-0.1, -0.05) is 0 Å². The van der Waals surface area contributed by atoms with Gasteiger partial charge in [0.15, 0.2) is 5.78 Å². The second-order valence-electron chi connectivity index (χ2n) is 4.14. The van der Waals surface area contributed by atoms with E-state index in [2.05, 4.69) is 4.74 Å². The Balaban J connectivity index is 2.00. The summed E-state index contributed by atoms with van der Waals surface area (Å²) >= 11 is 5.47. The molecule has 0 atom stereocenters. The molecule has 0 spiro atoms. The van der Waals surface area contributed by atoms with Gasteiger partial charge in [-0.3, -0.25) is 9.59 Å². The van der Waals surface area contributed by atoms with Crippen molar-refractivity contribution in [2.45, 2.75) is 19.3 Å². The minimum Gasteiger partial charge on any atom is -0.469 e. The maximum absolute atomic E-state index is 11.3. The SMILES string of the molecule is COC(=O)C12CC(C(=O)CCl)(C1)C2. The van der Waals surface area contributed by atoms with Crippen LogP contribution in [0.2, 0.25) is 0 Å². The first kappa shape index (κ1) is 9.00. The number of halogens is 1. The largest absolute Gasteiger partial charge is 0.469 e. The topological polar surface area (TPSA) is 43.4 Å². The summed E-state index contributed by atoms with van der Waals surface area (Å²) < 4.78 is 4.67. The van der Waals surface area contributed by atoms with Crippen LogP contribution in [0.15, 0.2) is 0 Å². The van der Waals surface area contributed by atoms with Crippen LogP contribution in [0, 0.1) is 10.8 Å². The highest BCUT2D eigenvalue weighted by molar-refractivity contribution is 6.28. The van der Waals surface area contributed by atoms with Crippen LogP contribution < -0.4 is 0 Å². The van der Waals surface area contributed by atoms with E-state index in [-0.39, 0.29) is 28.5 Å². The van der Waals surface area contributed by atoms with Crippen molar-refractivity contribution in [3.05, 3.63) is 0 Å². The van der Waals surface area contributed by atoms with Crippen LogP contribution in [0.25, 0.3) is 0 Å². The molecule has 0 aromatic carbocycles. The zero-order chi connectivity index (χ0) is 9.69. The van der Waals surface area contributed by atoms with E-state index in [1.54, 1.807) is 0 Å². The monoisotopic (exact) mass is 202 g/mol. The smallest absolute Gasteiger partial charge is 0.311 e. The molecule has 0 aromatic heterocycles. The van der Waals surface area contributed by atoms with Crippen LogP contribution >= 0.6 is 11.6 Å². The Bertz CT molecular complexity index is 239. The summed E-state index contributed by atoms with van der Waals surface area (Å²) in [5, 5.41) is 0. The Morgan fingerprint density at radius 2 is 1.85 bits per heavy atom. The van der Waals surface area contributed by atoms with E-state index in [4.69, 9.17) is 11.6 Å². The van der Waals surface area contributed by atoms with Gasteiger partial charge in [-0.15, -0.1) is 11.6 Å². The van der Waals surface area contributed by atoms with Crippen molar-refractivity contribution in [1.29, 1.82) is 0 Å². The number of hydrogen-bond donors (Lipinski definition) is 0. The number of carbonyl (C=O) groups excluding carboxylic acids is 2. The van der Waals surface area contributed by atoms with Gasteiger partial charge in [-0.05, 0) is 19.3 Å². The molecule has 0 aliphatic heterocycles. The summed E-state index contributed by atoms with van der Waals surface area (Å²) in [6.45, 7) is 0. The molecule has 3 nitrogen and oxygen atoms in total. The number of ether oxygens (including phenoxy) is 1. The van der Waals surface area contributed by atoms with Crippen molar-refractivity contribution >= 4 is 23.4 Å². The summed E-state index contributed by atoms with van der Waals surface area (Å²) in [6, 6.07) is 0. The van der Waals surface area contributed by atoms with Crippen molar-refractivity contribution in [3.8, 4) is 0 Å². The third-order valence-electron chi connectivity index (χ3n) is 3.36. The molecule has 3 aliphatic carbocycles. The van der Waals surface area contributed by atoms with E-state index in [0.717, 1.165) is 0 Å². The molecule has 0 N–H and O–H groups in total. The highest BCUT2D eigenvalue weighted by Crippen LogP contribution is 2.74. The Hall–Kier alpha value is -0.570. The number of methoxy groups -OCH3 is 1. The van der Waals surface area contributed by atoms with E-state index >= 15 is 0 Å². The van der Waals surface area contributed by atoms with Gasteiger partial charge in [0, 0.05) is 5.41 Å². The second-order valence-corrected chi connectivity index (χ2v) is 4.41. The lowest BCUT2D eigenvalue weighted by atomic mass is 9.34. The molecule has 72 valence electrons. The van der Waals surface area contributed by atoms with E-state index in [1.165, 1.54) is 7.11 Å². The van der Waals surface area contributed by atoms with Crippen molar-refractivity contribution in [1.82, 2.24) is 0 Å². The van der Waals surface area contributed by atoms with Gasteiger partial charge in [0.05, 0.1) is 18.4 Å². The molecule has 2 bridgehead atoms.